The molecular weight excluding hydrogens is 342 g/mol. The minimum atomic E-state index is -0.0388. The third-order valence-corrected chi connectivity index (χ3v) is 4.78. The van der Waals surface area contributed by atoms with Crippen molar-refractivity contribution in [2.45, 2.75) is 6.42 Å². The summed E-state index contributed by atoms with van der Waals surface area (Å²) in [5.74, 6) is 3.20. The number of benzene rings is 1. The number of aromatic nitrogens is 2. The number of nitrogens with one attached hydrogen (secondary N) is 1. The average Bonchev–Trinajstić information content (AvgIpc) is 2.92. The predicted molar refractivity (Wildman–Crippen MR) is 104 cm³/mol. The fraction of sp³-hybridized carbons (Fsp3) is 0.350. The molecule has 7 heteroatoms. The van der Waals surface area contributed by atoms with Gasteiger partial charge in [0, 0.05) is 31.6 Å². The highest BCUT2D eigenvalue weighted by atomic mass is 16.3. The molecule has 3 heterocycles. The first kappa shape index (κ1) is 17.3. The summed E-state index contributed by atoms with van der Waals surface area (Å²) >= 11 is 0. The van der Waals surface area contributed by atoms with Gasteiger partial charge in [0.1, 0.15) is 17.4 Å². The van der Waals surface area contributed by atoms with Gasteiger partial charge in [-0.3, -0.25) is 9.69 Å². The number of carbonyl (C=O) groups is 1. The Morgan fingerprint density at radius 1 is 1.22 bits per heavy atom. The maximum Gasteiger partial charge on any atom is 0.234 e. The zero-order chi connectivity index (χ0) is 18.6. The van der Waals surface area contributed by atoms with Gasteiger partial charge >= 0.3 is 0 Å². The van der Waals surface area contributed by atoms with Crippen molar-refractivity contribution in [1.82, 2.24) is 20.2 Å². The Morgan fingerprint density at radius 2 is 2.11 bits per heavy atom. The molecule has 7 nitrogen and oxygen atoms in total. The molecule has 1 amide bonds. The van der Waals surface area contributed by atoms with Crippen LogP contribution < -0.4 is 10.2 Å². The lowest BCUT2D eigenvalue weighted by molar-refractivity contribution is -0.121. The van der Waals surface area contributed by atoms with E-state index in [1.807, 2.05) is 24.3 Å². The number of furan rings is 1. The Kier molecular flexibility index (Phi) is 4.90. The molecule has 0 spiro atoms. The van der Waals surface area contributed by atoms with Gasteiger partial charge in [-0.15, -0.1) is 6.42 Å². The predicted octanol–water partition coefficient (Wildman–Crippen LogP) is 1.64. The van der Waals surface area contributed by atoms with Crippen molar-refractivity contribution < 1.29 is 9.21 Å². The maximum atomic E-state index is 11.9. The summed E-state index contributed by atoms with van der Waals surface area (Å²) < 4.78 is 6.05. The number of hydrogen-bond acceptors (Lipinski definition) is 6. The number of hydrogen-bond donors (Lipinski definition) is 1. The zero-order valence-corrected chi connectivity index (χ0v) is 15.0. The monoisotopic (exact) mass is 363 g/mol. The van der Waals surface area contributed by atoms with Gasteiger partial charge in [-0.05, 0) is 18.6 Å². The van der Waals surface area contributed by atoms with Crippen molar-refractivity contribution >= 4 is 33.8 Å². The molecule has 0 aliphatic carbocycles. The highest BCUT2D eigenvalue weighted by molar-refractivity contribution is 6.05. The van der Waals surface area contributed by atoms with Gasteiger partial charge < -0.3 is 14.6 Å². The number of amides is 1. The molecule has 3 aromatic rings. The van der Waals surface area contributed by atoms with Gasteiger partial charge in [-0.1, -0.05) is 18.1 Å². The number of nitrogens with zero attached hydrogens (tertiary/aromatic N) is 4. The van der Waals surface area contributed by atoms with Gasteiger partial charge in [-0.25, -0.2) is 9.97 Å². The second-order valence-electron chi connectivity index (χ2n) is 6.57. The van der Waals surface area contributed by atoms with Gasteiger partial charge in [0.2, 0.25) is 5.91 Å². The van der Waals surface area contributed by atoms with E-state index >= 15 is 0 Å². The molecule has 27 heavy (non-hydrogen) atoms. The average molecular weight is 363 g/mol. The normalized spacial score (nSPS) is 15.6. The molecule has 1 aliphatic heterocycles. The Labute approximate surface area is 157 Å². The molecule has 1 saturated heterocycles. The number of rotatable bonds is 4. The van der Waals surface area contributed by atoms with E-state index in [2.05, 4.69) is 31.0 Å². The third kappa shape index (κ3) is 3.57. The maximum absolute atomic E-state index is 11.9. The van der Waals surface area contributed by atoms with Gasteiger partial charge in [-0.2, -0.15) is 0 Å². The largest absolute Gasteiger partial charge is 0.450 e. The molecule has 0 saturated carbocycles. The summed E-state index contributed by atoms with van der Waals surface area (Å²) in [5, 5.41) is 3.71. The molecule has 1 N–H and O–H groups in total. The van der Waals surface area contributed by atoms with Crippen LogP contribution in [-0.4, -0.2) is 60.0 Å². The Morgan fingerprint density at radius 3 is 3.00 bits per heavy atom. The summed E-state index contributed by atoms with van der Waals surface area (Å²) in [4.78, 5) is 25.2. The van der Waals surface area contributed by atoms with Crippen LogP contribution in [0.4, 0.5) is 5.82 Å². The molecule has 0 radical (unpaired) electrons. The van der Waals surface area contributed by atoms with Crippen LogP contribution in [-0.2, 0) is 4.79 Å². The van der Waals surface area contributed by atoms with Crippen LogP contribution in [0.2, 0.25) is 0 Å². The van der Waals surface area contributed by atoms with E-state index in [9.17, 15) is 4.79 Å². The second-order valence-corrected chi connectivity index (χ2v) is 6.57. The molecule has 1 aliphatic rings. The second kappa shape index (κ2) is 7.64. The summed E-state index contributed by atoms with van der Waals surface area (Å²) in [5.41, 5.74) is 2.38. The van der Waals surface area contributed by atoms with Crippen LogP contribution in [0, 0.1) is 12.3 Å². The van der Waals surface area contributed by atoms with E-state index in [0.29, 0.717) is 6.54 Å². The molecule has 1 aromatic carbocycles. The van der Waals surface area contributed by atoms with Crippen molar-refractivity contribution in [2.24, 2.45) is 0 Å². The first-order chi connectivity index (χ1) is 13.3. The first-order valence-corrected chi connectivity index (χ1v) is 9.06. The lowest BCUT2D eigenvalue weighted by Gasteiger charge is -2.22. The van der Waals surface area contributed by atoms with Crippen molar-refractivity contribution in [3.8, 4) is 12.3 Å². The van der Waals surface area contributed by atoms with E-state index in [1.165, 1.54) is 0 Å². The van der Waals surface area contributed by atoms with Crippen LogP contribution in [0.5, 0.6) is 0 Å². The number of fused-ring (bicyclic) bond motifs is 3. The molecule has 138 valence electrons. The Balaban J connectivity index is 1.53. The van der Waals surface area contributed by atoms with Crippen molar-refractivity contribution in [3.05, 3.63) is 30.6 Å². The van der Waals surface area contributed by atoms with E-state index in [-0.39, 0.29) is 12.5 Å². The fourth-order valence-corrected chi connectivity index (χ4v) is 3.49. The molecule has 2 aromatic heterocycles. The minimum absolute atomic E-state index is 0.0388. The van der Waals surface area contributed by atoms with Crippen LogP contribution >= 0.6 is 0 Å². The van der Waals surface area contributed by atoms with E-state index < -0.39 is 0 Å². The number of carbonyl (C=O) groups excluding carboxylic acids is 1. The minimum Gasteiger partial charge on any atom is -0.450 e. The van der Waals surface area contributed by atoms with Crippen molar-refractivity contribution in [1.29, 1.82) is 0 Å². The Bertz CT molecular complexity index is 1010. The summed E-state index contributed by atoms with van der Waals surface area (Å²) in [6.45, 7) is 3.88. The van der Waals surface area contributed by atoms with Crippen molar-refractivity contribution in [3.63, 3.8) is 0 Å². The molecule has 1 fully saturated rings. The highest BCUT2D eigenvalue weighted by Crippen LogP contribution is 2.32. The summed E-state index contributed by atoms with van der Waals surface area (Å²) in [6.07, 6.45) is 7.72. The molecular formula is C20H21N5O2. The van der Waals surface area contributed by atoms with Crippen LogP contribution in [0.1, 0.15) is 6.42 Å². The molecule has 0 bridgehead atoms. The highest BCUT2D eigenvalue weighted by Gasteiger charge is 2.22. The zero-order valence-electron chi connectivity index (χ0n) is 15.0. The molecule has 0 unspecified atom stereocenters. The molecule has 0 atom stereocenters. The quantitative estimate of drug-likeness (QED) is 0.711. The lowest BCUT2D eigenvalue weighted by Crippen LogP contribution is -2.39. The number of para-hydroxylation sites is 1. The third-order valence-electron chi connectivity index (χ3n) is 4.78. The summed E-state index contributed by atoms with van der Waals surface area (Å²) in [6, 6.07) is 7.89. The van der Waals surface area contributed by atoms with E-state index in [4.69, 9.17) is 10.8 Å². The van der Waals surface area contributed by atoms with Crippen molar-refractivity contribution in [2.75, 3.05) is 44.2 Å². The lowest BCUT2D eigenvalue weighted by atomic mass is 10.2. The molecule has 4 rings (SSSR count). The Hall–Kier alpha value is -3.11. The fourth-order valence-electron chi connectivity index (χ4n) is 3.49. The van der Waals surface area contributed by atoms with E-state index in [1.54, 1.807) is 6.33 Å². The smallest absolute Gasteiger partial charge is 0.234 e. The van der Waals surface area contributed by atoms with Gasteiger partial charge in [0.05, 0.1) is 13.1 Å². The van der Waals surface area contributed by atoms with Crippen LogP contribution in [0.15, 0.2) is 35.0 Å². The SMILES string of the molecule is C#CCNC(=O)CN1CCCN(c2ncnc3c2oc2ccccc23)CC1. The number of terminal acetylenes is 1. The van der Waals surface area contributed by atoms with E-state index in [0.717, 1.165) is 60.5 Å². The standard InChI is InChI=1S/C20H21N5O2/c1-2-8-21-17(26)13-24-9-5-10-25(12-11-24)20-19-18(22-14-23-20)15-6-3-4-7-16(15)27-19/h1,3-4,6-7,14H,5,8-13H2,(H,21,26). The first-order valence-electron chi connectivity index (χ1n) is 9.06. The van der Waals surface area contributed by atoms with Gasteiger partial charge in [0.15, 0.2) is 11.4 Å². The van der Waals surface area contributed by atoms with Gasteiger partial charge in [0.25, 0.3) is 0 Å². The summed E-state index contributed by atoms with van der Waals surface area (Å²) in [7, 11) is 0. The van der Waals surface area contributed by atoms with Crippen LogP contribution in [0.3, 0.4) is 0 Å². The topological polar surface area (TPSA) is 74.5 Å². The number of anilines is 1. The van der Waals surface area contributed by atoms with Crippen LogP contribution in [0.25, 0.3) is 22.1 Å².